The predicted octanol–water partition coefficient (Wildman–Crippen LogP) is 0.876. The zero-order valence-electron chi connectivity index (χ0n) is 11.9. The molecule has 0 fully saturated rings. The smallest absolute Gasteiger partial charge is 0.306 e. The van der Waals surface area contributed by atoms with Crippen LogP contribution in [0.2, 0.25) is 0 Å². The molecule has 0 aliphatic carbocycles. The second-order valence-corrected chi connectivity index (χ2v) is 5.97. The molecule has 2 N–H and O–H groups in total. The van der Waals surface area contributed by atoms with Gasteiger partial charge in [0.2, 0.25) is 15.9 Å². The summed E-state index contributed by atoms with van der Waals surface area (Å²) in [5.41, 5.74) is 0.457. The molecular formula is C13H18N2O5S. The van der Waals surface area contributed by atoms with E-state index in [-0.39, 0.29) is 30.3 Å². The number of benzene rings is 1. The third-order valence-electron chi connectivity index (χ3n) is 2.58. The van der Waals surface area contributed by atoms with Gasteiger partial charge in [0.05, 0.1) is 17.9 Å². The van der Waals surface area contributed by atoms with Crippen molar-refractivity contribution in [3.8, 4) is 0 Å². The molecule has 1 amide bonds. The molecule has 0 unspecified atom stereocenters. The van der Waals surface area contributed by atoms with Gasteiger partial charge in [0, 0.05) is 12.1 Å². The topological polar surface area (TPSA) is 102 Å². The van der Waals surface area contributed by atoms with E-state index in [1.54, 1.807) is 6.92 Å². The summed E-state index contributed by atoms with van der Waals surface area (Å²) in [4.78, 5) is 22.8. The van der Waals surface area contributed by atoms with Crippen LogP contribution >= 0.6 is 0 Å². The summed E-state index contributed by atoms with van der Waals surface area (Å²) < 4.78 is 30.0. The van der Waals surface area contributed by atoms with E-state index in [9.17, 15) is 18.0 Å². The molecule has 0 bridgehead atoms. The maximum Gasteiger partial charge on any atom is 0.306 e. The van der Waals surface area contributed by atoms with Crippen molar-refractivity contribution in [2.75, 3.05) is 19.0 Å². The molecule has 116 valence electrons. The normalized spacial score (nSPS) is 11.0. The van der Waals surface area contributed by atoms with Gasteiger partial charge in [-0.15, -0.1) is 0 Å². The van der Waals surface area contributed by atoms with E-state index in [0.29, 0.717) is 5.69 Å². The SMILES string of the molecule is CCOC(=O)CCC(=O)Nc1ccc(S(=O)(=O)NC)cc1. The van der Waals surface area contributed by atoms with Crippen LogP contribution in [-0.2, 0) is 24.3 Å². The summed E-state index contributed by atoms with van der Waals surface area (Å²) in [6.45, 7) is 1.97. The van der Waals surface area contributed by atoms with Crippen LogP contribution in [-0.4, -0.2) is 33.9 Å². The number of carbonyl (C=O) groups excluding carboxylic acids is 2. The Morgan fingerprint density at radius 2 is 1.76 bits per heavy atom. The molecule has 0 aliphatic rings. The number of carbonyl (C=O) groups is 2. The van der Waals surface area contributed by atoms with Gasteiger partial charge in [-0.1, -0.05) is 0 Å². The molecule has 8 heteroatoms. The summed E-state index contributed by atoms with van der Waals surface area (Å²) in [5.74, 6) is -0.768. The highest BCUT2D eigenvalue weighted by molar-refractivity contribution is 7.89. The molecule has 7 nitrogen and oxygen atoms in total. The standard InChI is InChI=1S/C13H18N2O5S/c1-3-20-13(17)9-8-12(16)15-10-4-6-11(7-5-10)21(18,19)14-2/h4-7,14H,3,8-9H2,1-2H3,(H,15,16). The maximum absolute atomic E-state index is 11.6. The highest BCUT2D eigenvalue weighted by Crippen LogP contribution is 2.14. The highest BCUT2D eigenvalue weighted by Gasteiger charge is 2.11. The van der Waals surface area contributed by atoms with Gasteiger partial charge in [-0.2, -0.15) is 0 Å². The van der Waals surface area contributed by atoms with Gasteiger partial charge >= 0.3 is 5.97 Å². The molecule has 0 saturated carbocycles. The van der Waals surface area contributed by atoms with E-state index in [4.69, 9.17) is 4.74 Å². The van der Waals surface area contributed by atoms with Gasteiger partial charge in [-0.05, 0) is 38.2 Å². The molecule has 21 heavy (non-hydrogen) atoms. The van der Waals surface area contributed by atoms with Crippen molar-refractivity contribution < 1.29 is 22.7 Å². The number of anilines is 1. The number of hydrogen-bond donors (Lipinski definition) is 2. The fraction of sp³-hybridized carbons (Fsp3) is 0.385. The maximum atomic E-state index is 11.6. The number of nitrogens with one attached hydrogen (secondary N) is 2. The molecule has 1 aromatic rings. The second kappa shape index (κ2) is 7.75. The molecule has 1 rings (SSSR count). The Bertz CT molecular complexity index is 595. The lowest BCUT2D eigenvalue weighted by atomic mass is 10.2. The first-order valence-electron chi connectivity index (χ1n) is 6.38. The van der Waals surface area contributed by atoms with Gasteiger partial charge < -0.3 is 10.1 Å². The lowest BCUT2D eigenvalue weighted by molar-refractivity contribution is -0.144. The van der Waals surface area contributed by atoms with Crippen LogP contribution in [0.15, 0.2) is 29.2 Å². The Hall–Kier alpha value is -1.93. The first kappa shape index (κ1) is 17.1. The van der Waals surface area contributed by atoms with Crippen LogP contribution in [0.3, 0.4) is 0 Å². The van der Waals surface area contributed by atoms with Crippen molar-refractivity contribution >= 4 is 27.6 Å². The van der Waals surface area contributed by atoms with Crippen molar-refractivity contribution in [1.29, 1.82) is 0 Å². The summed E-state index contributed by atoms with van der Waals surface area (Å²) >= 11 is 0. The van der Waals surface area contributed by atoms with Crippen LogP contribution in [0.25, 0.3) is 0 Å². The first-order chi connectivity index (χ1) is 9.89. The minimum Gasteiger partial charge on any atom is -0.466 e. The number of rotatable bonds is 7. The first-order valence-corrected chi connectivity index (χ1v) is 7.86. The molecule has 0 atom stereocenters. The lowest BCUT2D eigenvalue weighted by Crippen LogP contribution is -2.18. The van der Waals surface area contributed by atoms with E-state index < -0.39 is 16.0 Å². The third kappa shape index (κ3) is 5.52. The van der Waals surface area contributed by atoms with Crippen molar-refractivity contribution in [2.24, 2.45) is 0 Å². The lowest BCUT2D eigenvalue weighted by Gasteiger charge is -2.07. The third-order valence-corrected chi connectivity index (χ3v) is 4.01. The number of hydrogen-bond acceptors (Lipinski definition) is 5. The van der Waals surface area contributed by atoms with Gasteiger partial charge in [0.15, 0.2) is 0 Å². The zero-order chi connectivity index (χ0) is 15.9. The molecule has 0 spiro atoms. The number of esters is 1. The predicted molar refractivity (Wildman–Crippen MR) is 77.2 cm³/mol. The van der Waals surface area contributed by atoms with Crippen LogP contribution < -0.4 is 10.0 Å². The van der Waals surface area contributed by atoms with Crippen LogP contribution in [0, 0.1) is 0 Å². The van der Waals surface area contributed by atoms with Crippen molar-refractivity contribution in [1.82, 2.24) is 4.72 Å². The second-order valence-electron chi connectivity index (χ2n) is 4.09. The summed E-state index contributed by atoms with van der Waals surface area (Å²) in [5, 5.41) is 2.57. The minimum atomic E-state index is -3.50. The van der Waals surface area contributed by atoms with Gasteiger partial charge in [0.1, 0.15) is 0 Å². The van der Waals surface area contributed by atoms with Crippen LogP contribution in [0.5, 0.6) is 0 Å². The van der Waals surface area contributed by atoms with Crippen LogP contribution in [0.4, 0.5) is 5.69 Å². The Balaban J connectivity index is 2.56. The Kier molecular flexibility index (Phi) is 6.32. The highest BCUT2D eigenvalue weighted by atomic mass is 32.2. The Morgan fingerprint density at radius 1 is 1.14 bits per heavy atom. The average molecular weight is 314 g/mol. The van der Waals surface area contributed by atoms with Crippen LogP contribution in [0.1, 0.15) is 19.8 Å². The fourth-order valence-electron chi connectivity index (χ4n) is 1.51. The number of sulfonamides is 1. The molecule has 1 aromatic carbocycles. The van der Waals surface area contributed by atoms with Crippen molar-refractivity contribution in [3.63, 3.8) is 0 Å². The quantitative estimate of drug-likeness (QED) is 0.727. The molecule has 0 aromatic heterocycles. The number of amides is 1. The van der Waals surface area contributed by atoms with E-state index in [1.807, 2.05) is 0 Å². The molecular weight excluding hydrogens is 296 g/mol. The van der Waals surface area contributed by atoms with E-state index >= 15 is 0 Å². The van der Waals surface area contributed by atoms with Gasteiger partial charge in [-0.25, -0.2) is 13.1 Å². The largest absolute Gasteiger partial charge is 0.466 e. The van der Waals surface area contributed by atoms with Crippen molar-refractivity contribution in [3.05, 3.63) is 24.3 Å². The molecule has 0 saturated heterocycles. The monoisotopic (exact) mass is 314 g/mol. The molecule has 0 radical (unpaired) electrons. The van der Waals surface area contributed by atoms with Gasteiger partial charge in [0.25, 0.3) is 0 Å². The Labute approximate surface area is 123 Å². The average Bonchev–Trinajstić information content (AvgIpc) is 2.46. The summed E-state index contributed by atoms with van der Waals surface area (Å²) in [6, 6.07) is 5.72. The fourth-order valence-corrected chi connectivity index (χ4v) is 2.24. The summed E-state index contributed by atoms with van der Waals surface area (Å²) in [6.07, 6.45) is 0.0152. The van der Waals surface area contributed by atoms with E-state index in [0.717, 1.165) is 0 Å². The zero-order valence-corrected chi connectivity index (χ0v) is 12.7. The molecule has 0 heterocycles. The number of ether oxygens (including phenoxy) is 1. The van der Waals surface area contributed by atoms with Gasteiger partial charge in [-0.3, -0.25) is 9.59 Å². The molecule has 0 aliphatic heterocycles. The van der Waals surface area contributed by atoms with Crippen molar-refractivity contribution in [2.45, 2.75) is 24.7 Å². The summed E-state index contributed by atoms with van der Waals surface area (Å²) in [7, 11) is -2.18. The van der Waals surface area contributed by atoms with E-state index in [1.165, 1.54) is 31.3 Å². The van der Waals surface area contributed by atoms with E-state index in [2.05, 4.69) is 10.0 Å². The Morgan fingerprint density at radius 3 is 2.29 bits per heavy atom. The minimum absolute atomic E-state index is 0.00584.